The third-order valence-corrected chi connectivity index (χ3v) is 5.04. The van der Waals surface area contributed by atoms with E-state index in [0.717, 1.165) is 44.2 Å². The van der Waals surface area contributed by atoms with E-state index in [9.17, 15) is 14.4 Å². The van der Waals surface area contributed by atoms with Gasteiger partial charge in [0.25, 0.3) is 0 Å². The summed E-state index contributed by atoms with van der Waals surface area (Å²) in [5.41, 5.74) is 0.339. The van der Waals surface area contributed by atoms with Crippen LogP contribution >= 0.6 is 0 Å². The van der Waals surface area contributed by atoms with Crippen LogP contribution in [0.5, 0.6) is 0 Å². The first-order valence-corrected chi connectivity index (χ1v) is 8.71. The summed E-state index contributed by atoms with van der Waals surface area (Å²) >= 11 is 0. The second kappa shape index (κ2) is 6.90. The number of nitrogens with one attached hydrogen (secondary N) is 1. The van der Waals surface area contributed by atoms with Crippen molar-refractivity contribution in [3.8, 4) is 6.07 Å². The van der Waals surface area contributed by atoms with Gasteiger partial charge in [-0.1, -0.05) is 12.1 Å². The summed E-state index contributed by atoms with van der Waals surface area (Å²) in [5, 5.41) is 12.3. The van der Waals surface area contributed by atoms with Gasteiger partial charge in [0.2, 0.25) is 5.91 Å². The Hall–Kier alpha value is -1.93. The van der Waals surface area contributed by atoms with Crippen LogP contribution in [0.3, 0.4) is 0 Å². The number of halogens is 1. The molecule has 128 valence electrons. The SMILES string of the molecule is C[C@](C#N)(NC(=O)CN(CCc1ccc(F)cc1)C1CC1)C1CC1. The summed E-state index contributed by atoms with van der Waals surface area (Å²) in [6.07, 6.45) is 5.06. The molecule has 0 unspecified atom stereocenters. The lowest BCUT2D eigenvalue weighted by molar-refractivity contribution is -0.123. The molecule has 1 amide bonds. The predicted octanol–water partition coefficient (Wildman–Crippen LogP) is 2.64. The van der Waals surface area contributed by atoms with Gasteiger partial charge >= 0.3 is 0 Å². The number of carbonyl (C=O) groups is 1. The first-order valence-electron chi connectivity index (χ1n) is 8.71. The number of rotatable bonds is 8. The number of hydrogen-bond donors (Lipinski definition) is 1. The van der Waals surface area contributed by atoms with Crippen molar-refractivity contribution in [1.82, 2.24) is 10.2 Å². The summed E-state index contributed by atoms with van der Waals surface area (Å²) in [6.45, 7) is 2.93. The van der Waals surface area contributed by atoms with E-state index >= 15 is 0 Å². The molecule has 0 spiro atoms. The van der Waals surface area contributed by atoms with E-state index < -0.39 is 5.54 Å². The van der Waals surface area contributed by atoms with Crippen molar-refractivity contribution in [3.05, 3.63) is 35.6 Å². The Labute approximate surface area is 142 Å². The highest BCUT2D eigenvalue weighted by Crippen LogP contribution is 2.39. The van der Waals surface area contributed by atoms with E-state index in [1.807, 2.05) is 6.92 Å². The number of benzene rings is 1. The lowest BCUT2D eigenvalue weighted by Gasteiger charge is -2.26. The molecule has 2 saturated carbocycles. The van der Waals surface area contributed by atoms with Crippen molar-refractivity contribution in [1.29, 1.82) is 5.26 Å². The Kier molecular flexibility index (Phi) is 4.86. The zero-order valence-electron chi connectivity index (χ0n) is 14.1. The largest absolute Gasteiger partial charge is 0.337 e. The van der Waals surface area contributed by atoms with Gasteiger partial charge < -0.3 is 5.32 Å². The fourth-order valence-electron chi connectivity index (χ4n) is 3.15. The first kappa shape index (κ1) is 16.9. The molecule has 5 heteroatoms. The lowest BCUT2D eigenvalue weighted by atomic mass is 9.98. The van der Waals surface area contributed by atoms with Crippen LogP contribution < -0.4 is 5.32 Å². The van der Waals surface area contributed by atoms with E-state index in [2.05, 4.69) is 16.3 Å². The fraction of sp³-hybridized carbons (Fsp3) is 0.579. The Balaban J connectivity index is 1.53. The number of carbonyl (C=O) groups excluding carboxylic acids is 1. The molecule has 2 fully saturated rings. The minimum absolute atomic E-state index is 0.0723. The minimum atomic E-state index is -0.733. The van der Waals surface area contributed by atoms with Crippen molar-refractivity contribution in [2.24, 2.45) is 5.92 Å². The molecule has 0 bridgehead atoms. The van der Waals surface area contributed by atoms with Crippen molar-refractivity contribution < 1.29 is 9.18 Å². The van der Waals surface area contributed by atoms with E-state index in [-0.39, 0.29) is 11.7 Å². The van der Waals surface area contributed by atoms with E-state index in [4.69, 9.17) is 0 Å². The topological polar surface area (TPSA) is 56.1 Å². The van der Waals surface area contributed by atoms with Gasteiger partial charge in [-0.15, -0.1) is 0 Å². The van der Waals surface area contributed by atoms with Gasteiger partial charge in [-0.25, -0.2) is 4.39 Å². The highest BCUT2D eigenvalue weighted by atomic mass is 19.1. The maximum atomic E-state index is 13.0. The van der Waals surface area contributed by atoms with Gasteiger partial charge in [-0.3, -0.25) is 9.69 Å². The summed E-state index contributed by atoms with van der Waals surface area (Å²) in [5.74, 6) is -0.00922. The molecule has 0 aromatic heterocycles. The molecule has 1 aromatic carbocycles. The Bertz CT molecular complexity index is 631. The van der Waals surface area contributed by atoms with Crippen molar-refractivity contribution in [2.45, 2.75) is 50.6 Å². The molecule has 3 rings (SSSR count). The molecular formula is C19H24FN3O. The number of nitrogens with zero attached hydrogens (tertiary/aromatic N) is 2. The molecule has 1 atom stereocenters. The van der Waals surface area contributed by atoms with Crippen LogP contribution in [0, 0.1) is 23.1 Å². The number of nitriles is 1. The van der Waals surface area contributed by atoms with Gasteiger partial charge in [0.05, 0.1) is 12.6 Å². The summed E-state index contributed by atoms with van der Waals surface area (Å²) in [6, 6.07) is 9.25. The van der Waals surface area contributed by atoms with Gasteiger partial charge in [0.15, 0.2) is 0 Å². The molecule has 1 N–H and O–H groups in total. The maximum Gasteiger partial charge on any atom is 0.235 e. The molecular weight excluding hydrogens is 305 g/mol. The van der Waals surface area contributed by atoms with Crippen LogP contribution in [0.1, 0.15) is 38.2 Å². The fourth-order valence-corrected chi connectivity index (χ4v) is 3.15. The molecule has 0 heterocycles. The van der Waals surface area contributed by atoms with Gasteiger partial charge in [0, 0.05) is 12.6 Å². The van der Waals surface area contributed by atoms with Crippen LogP contribution in [0.2, 0.25) is 0 Å². The number of amides is 1. The monoisotopic (exact) mass is 329 g/mol. The smallest absolute Gasteiger partial charge is 0.235 e. The average molecular weight is 329 g/mol. The Morgan fingerprint density at radius 3 is 2.54 bits per heavy atom. The van der Waals surface area contributed by atoms with Crippen LogP contribution in [-0.4, -0.2) is 35.5 Å². The van der Waals surface area contributed by atoms with Crippen LogP contribution in [0.15, 0.2) is 24.3 Å². The van der Waals surface area contributed by atoms with E-state index in [1.165, 1.54) is 12.1 Å². The third kappa shape index (κ3) is 4.33. The molecule has 2 aliphatic rings. The van der Waals surface area contributed by atoms with Gasteiger partial charge in [0.1, 0.15) is 11.4 Å². The third-order valence-electron chi connectivity index (χ3n) is 5.04. The highest BCUT2D eigenvalue weighted by Gasteiger charge is 2.43. The first-order chi connectivity index (χ1) is 11.5. The quantitative estimate of drug-likeness (QED) is 0.798. The van der Waals surface area contributed by atoms with Crippen molar-refractivity contribution in [3.63, 3.8) is 0 Å². The standard InChI is InChI=1S/C19H24FN3O/c1-19(13-21,15-4-5-15)22-18(24)12-23(17-8-9-17)11-10-14-2-6-16(20)7-3-14/h2-3,6-7,15,17H,4-5,8-12H2,1H3,(H,22,24)/t19-/m1/s1. The minimum Gasteiger partial charge on any atom is -0.337 e. The van der Waals surface area contributed by atoms with E-state index in [1.54, 1.807) is 12.1 Å². The zero-order valence-corrected chi connectivity index (χ0v) is 14.1. The van der Waals surface area contributed by atoms with Crippen LogP contribution in [0.25, 0.3) is 0 Å². The van der Waals surface area contributed by atoms with Gasteiger partial charge in [-0.05, 0) is 62.6 Å². The van der Waals surface area contributed by atoms with Crippen molar-refractivity contribution >= 4 is 5.91 Å². The Morgan fingerprint density at radius 2 is 2.00 bits per heavy atom. The highest BCUT2D eigenvalue weighted by molar-refractivity contribution is 5.79. The Morgan fingerprint density at radius 1 is 1.33 bits per heavy atom. The van der Waals surface area contributed by atoms with Gasteiger partial charge in [-0.2, -0.15) is 5.26 Å². The molecule has 0 radical (unpaired) electrons. The molecule has 24 heavy (non-hydrogen) atoms. The molecule has 1 aromatic rings. The second-order valence-electron chi connectivity index (χ2n) is 7.21. The average Bonchev–Trinajstić information content (AvgIpc) is 3.44. The summed E-state index contributed by atoms with van der Waals surface area (Å²) in [4.78, 5) is 14.6. The second-order valence-corrected chi connectivity index (χ2v) is 7.21. The normalized spacial score (nSPS) is 19.6. The van der Waals surface area contributed by atoms with Crippen molar-refractivity contribution in [2.75, 3.05) is 13.1 Å². The molecule has 0 aliphatic heterocycles. The lowest BCUT2D eigenvalue weighted by Crippen LogP contribution is -2.50. The van der Waals surface area contributed by atoms with Crippen LogP contribution in [0.4, 0.5) is 4.39 Å². The zero-order chi connectivity index (χ0) is 17.2. The molecule has 0 saturated heterocycles. The predicted molar refractivity (Wildman–Crippen MR) is 89.6 cm³/mol. The molecule has 4 nitrogen and oxygen atoms in total. The maximum absolute atomic E-state index is 13.0. The van der Waals surface area contributed by atoms with E-state index in [0.29, 0.717) is 18.5 Å². The number of hydrogen-bond acceptors (Lipinski definition) is 3. The summed E-state index contributed by atoms with van der Waals surface area (Å²) < 4.78 is 13.0. The van der Waals surface area contributed by atoms with Crippen LogP contribution in [-0.2, 0) is 11.2 Å². The summed E-state index contributed by atoms with van der Waals surface area (Å²) in [7, 11) is 0. The molecule has 2 aliphatic carbocycles.